The maximum atomic E-state index is 12.8. The Balaban J connectivity index is 1.26. The smallest absolute Gasteiger partial charge is 0.263 e. The first-order valence-electron chi connectivity index (χ1n) is 11.1. The highest BCUT2D eigenvalue weighted by Crippen LogP contribution is 2.31. The summed E-state index contributed by atoms with van der Waals surface area (Å²) in [5.74, 6) is 1.18. The molecular formula is C24H20N6O6S2. The van der Waals surface area contributed by atoms with E-state index in [2.05, 4.69) is 30.4 Å². The van der Waals surface area contributed by atoms with Crippen molar-refractivity contribution in [1.29, 1.82) is 0 Å². The number of hydrogen-bond acceptors (Lipinski definition) is 11. The van der Waals surface area contributed by atoms with Gasteiger partial charge in [-0.3, -0.25) is 9.52 Å². The molecule has 0 bridgehead atoms. The van der Waals surface area contributed by atoms with Crippen LogP contribution >= 0.6 is 11.8 Å². The molecule has 14 heteroatoms. The zero-order chi connectivity index (χ0) is 26.7. The molecule has 1 atom stereocenters. The summed E-state index contributed by atoms with van der Waals surface area (Å²) in [5.41, 5.74) is 1.26. The van der Waals surface area contributed by atoms with Crippen molar-refractivity contribution in [3.8, 4) is 22.9 Å². The van der Waals surface area contributed by atoms with Crippen LogP contribution in [0.3, 0.4) is 0 Å². The number of carbonyl (C=O) groups is 1. The van der Waals surface area contributed by atoms with Crippen LogP contribution in [0.25, 0.3) is 22.9 Å². The highest BCUT2D eigenvalue weighted by molar-refractivity contribution is 8.00. The van der Waals surface area contributed by atoms with E-state index >= 15 is 0 Å². The number of anilines is 2. The molecule has 38 heavy (non-hydrogen) atoms. The fourth-order valence-corrected chi connectivity index (χ4v) is 5.01. The Hall–Kier alpha value is -4.43. The SMILES string of the molecule is Cc1cc(NS(=O)(=O)c2ccc(NC(=O)C(C)Sc3nnc(-c4ccco4)c(-c4ccco4)n3)cc2)no1. The third-order valence-electron chi connectivity index (χ3n) is 5.13. The molecule has 0 fully saturated rings. The normalized spacial score (nSPS) is 12.3. The molecule has 1 unspecified atom stereocenters. The molecule has 0 saturated carbocycles. The molecular weight excluding hydrogens is 532 g/mol. The van der Waals surface area contributed by atoms with Crippen LogP contribution in [0.2, 0.25) is 0 Å². The van der Waals surface area contributed by atoms with Crippen molar-refractivity contribution in [2.75, 3.05) is 10.0 Å². The monoisotopic (exact) mass is 552 g/mol. The van der Waals surface area contributed by atoms with Crippen LogP contribution in [-0.2, 0) is 14.8 Å². The molecule has 0 aliphatic heterocycles. The predicted molar refractivity (Wildman–Crippen MR) is 138 cm³/mol. The van der Waals surface area contributed by atoms with E-state index in [-0.39, 0.29) is 21.8 Å². The first kappa shape index (κ1) is 25.2. The molecule has 0 aliphatic rings. The minimum atomic E-state index is -3.87. The molecule has 4 heterocycles. The number of aryl methyl sites for hydroxylation is 1. The van der Waals surface area contributed by atoms with Gasteiger partial charge in [0.2, 0.25) is 11.1 Å². The molecule has 5 rings (SSSR count). The molecule has 0 saturated heterocycles. The highest BCUT2D eigenvalue weighted by atomic mass is 32.2. The zero-order valence-corrected chi connectivity index (χ0v) is 21.6. The molecule has 2 N–H and O–H groups in total. The Kier molecular flexibility index (Phi) is 6.98. The summed E-state index contributed by atoms with van der Waals surface area (Å²) in [6.07, 6.45) is 3.04. The summed E-state index contributed by atoms with van der Waals surface area (Å²) < 4.78 is 43.2. The van der Waals surface area contributed by atoms with E-state index < -0.39 is 15.3 Å². The molecule has 0 radical (unpaired) electrons. The van der Waals surface area contributed by atoms with Crippen molar-refractivity contribution < 1.29 is 26.6 Å². The van der Waals surface area contributed by atoms with Crippen LogP contribution in [0.4, 0.5) is 11.5 Å². The van der Waals surface area contributed by atoms with Crippen LogP contribution in [0, 0.1) is 6.92 Å². The van der Waals surface area contributed by atoms with E-state index in [1.807, 2.05) is 0 Å². The Labute approximate surface area is 220 Å². The van der Waals surface area contributed by atoms with Gasteiger partial charge in [-0.15, -0.1) is 10.2 Å². The summed E-state index contributed by atoms with van der Waals surface area (Å²) >= 11 is 1.11. The Morgan fingerprint density at radius 3 is 2.26 bits per heavy atom. The van der Waals surface area contributed by atoms with Crippen LogP contribution in [0.15, 0.2) is 90.5 Å². The third-order valence-corrected chi connectivity index (χ3v) is 7.45. The van der Waals surface area contributed by atoms with Gasteiger partial charge < -0.3 is 18.7 Å². The van der Waals surface area contributed by atoms with E-state index in [4.69, 9.17) is 13.4 Å². The van der Waals surface area contributed by atoms with E-state index in [1.54, 1.807) is 38.1 Å². The lowest BCUT2D eigenvalue weighted by molar-refractivity contribution is -0.115. The average molecular weight is 553 g/mol. The predicted octanol–water partition coefficient (Wildman–Crippen LogP) is 4.61. The molecule has 1 aromatic carbocycles. The van der Waals surface area contributed by atoms with Gasteiger partial charge >= 0.3 is 0 Å². The lowest BCUT2D eigenvalue weighted by atomic mass is 10.2. The molecule has 0 aliphatic carbocycles. The van der Waals surface area contributed by atoms with Crippen molar-refractivity contribution in [3.63, 3.8) is 0 Å². The van der Waals surface area contributed by atoms with Gasteiger partial charge in [-0.25, -0.2) is 13.4 Å². The van der Waals surface area contributed by atoms with Gasteiger partial charge in [-0.1, -0.05) is 16.9 Å². The lowest BCUT2D eigenvalue weighted by Crippen LogP contribution is -2.23. The van der Waals surface area contributed by atoms with E-state index in [9.17, 15) is 13.2 Å². The summed E-state index contributed by atoms with van der Waals surface area (Å²) in [7, 11) is -3.87. The first-order valence-corrected chi connectivity index (χ1v) is 13.5. The van der Waals surface area contributed by atoms with Crippen LogP contribution in [0.1, 0.15) is 12.7 Å². The van der Waals surface area contributed by atoms with Crippen molar-refractivity contribution in [3.05, 3.63) is 72.9 Å². The summed E-state index contributed by atoms with van der Waals surface area (Å²) in [5, 5.41) is 14.4. The number of nitrogens with one attached hydrogen (secondary N) is 2. The lowest BCUT2D eigenvalue weighted by Gasteiger charge is -2.12. The van der Waals surface area contributed by atoms with Gasteiger partial charge in [0, 0.05) is 11.8 Å². The average Bonchev–Trinajstić information content (AvgIpc) is 3.68. The number of sulfonamides is 1. The number of furan rings is 2. The quantitative estimate of drug-likeness (QED) is 0.245. The number of rotatable bonds is 9. The van der Waals surface area contributed by atoms with Crippen LogP contribution < -0.4 is 10.0 Å². The van der Waals surface area contributed by atoms with Crippen molar-refractivity contribution in [2.24, 2.45) is 0 Å². The van der Waals surface area contributed by atoms with Crippen LogP contribution in [0.5, 0.6) is 0 Å². The maximum absolute atomic E-state index is 12.8. The topological polar surface area (TPSA) is 166 Å². The van der Waals surface area contributed by atoms with Gasteiger partial charge in [-0.05, 0) is 62.4 Å². The standard InChI is InChI=1S/C24H20N6O6S2/c1-14-13-20(29-36-14)30-38(32,33)17-9-7-16(8-10-17)25-23(31)15(2)37-24-26-21(18-5-3-11-34-18)22(27-28-24)19-6-4-12-35-19/h3-13,15H,1-2H3,(H,25,31)(H,29,30). The number of thioether (sulfide) groups is 1. The number of benzene rings is 1. The van der Waals surface area contributed by atoms with Crippen molar-refractivity contribution in [2.45, 2.75) is 29.1 Å². The minimum Gasteiger partial charge on any atom is -0.463 e. The van der Waals surface area contributed by atoms with Gasteiger partial charge in [0.15, 0.2) is 23.0 Å². The van der Waals surface area contributed by atoms with Gasteiger partial charge in [0.25, 0.3) is 10.0 Å². The Bertz CT molecular complexity index is 1650. The second-order valence-electron chi connectivity index (χ2n) is 7.95. The summed E-state index contributed by atoms with van der Waals surface area (Å²) in [6, 6.07) is 14.1. The second-order valence-corrected chi connectivity index (χ2v) is 10.9. The van der Waals surface area contributed by atoms with Crippen molar-refractivity contribution in [1.82, 2.24) is 20.3 Å². The molecule has 0 spiro atoms. The zero-order valence-electron chi connectivity index (χ0n) is 20.0. The number of carbonyl (C=O) groups excluding carboxylic acids is 1. The molecule has 4 aromatic heterocycles. The number of hydrogen-bond donors (Lipinski definition) is 2. The molecule has 5 aromatic rings. The van der Waals surface area contributed by atoms with Crippen molar-refractivity contribution >= 4 is 39.2 Å². The number of aromatic nitrogens is 4. The number of amides is 1. The fraction of sp³-hybridized carbons (Fsp3) is 0.125. The van der Waals surface area contributed by atoms with Crippen LogP contribution in [-0.4, -0.2) is 39.9 Å². The maximum Gasteiger partial charge on any atom is 0.263 e. The van der Waals surface area contributed by atoms with Gasteiger partial charge in [-0.2, -0.15) is 0 Å². The largest absolute Gasteiger partial charge is 0.463 e. The molecule has 194 valence electrons. The third kappa shape index (κ3) is 5.60. The summed E-state index contributed by atoms with van der Waals surface area (Å²) in [6.45, 7) is 3.34. The van der Waals surface area contributed by atoms with E-state index in [1.165, 1.54) is 42.9 Å². The summed E-state index contributed by atoms with van der Waals surface area (Å²) in [4.78, 5) is 17.4. The van der Waals surface area contributed by atoms with Gasteiger partial charge in [0.05, 0.1) is 22.7 Å². The van der Waals surface area contributed by atoms with E-state index in [0.29, 0.717) is 34.4 Å². The Morgan fingerprint density at radius 2 is 1.66 bits per heavy atom. The molecule has 1 amide bonds. The highest BCUT2D eigenvalue weighted by Gasteiger charge is 2.22. The fourth-order valence-electron chi connectivity index (χ4n) is 3.31. The first-order chi connectivity index (χ1) is 18.3. The molecule has 12 nitrogen and oxygen atoms in total. The number of nitrogens with zero attached hydrogens (tertiary/aromatic N) is 4. The van der Waals surface area contributed by atoms with E-state index in [0.717, 1.165) is 11.8 Å². The Morgan fingerprint density at radius 1 is 0.974 bits per heavy atom. The minimum absolute atomic E-state index is 0.000141. The second kappa shape index (κ2) is 10.5. The van der Waals surface area contributed by atoms with Gasteiger partial charge in [0.1, 0.15) is 11.5 Å².